The maximum absolute atomic E-state index is 12.9. The standard InChI is InChI=1S/C22H30ClNO3.2C3H8/c1-2-24(17-15-23)16-9-10-18-27-21(25)22(26,19-11-5-3-6-12-19)20-13-7-4-8-14-20;2*1-3-2/h3,5-6,11-12,20,26H,2,4,7-8,13-18H2,1H3;2*3H2,1-2H3. The van der Waals surface area contributed by atoms with Crippen LogP contribution in [0.25, 0.3) is 0 Å². The summed E-state index contributed by atoms with van der Waals surface area (Å²) in [5.74, 6) is 5.74. The summed E-state index contributed by atoms with van der Waals surface area (Å²) in [6.45, 7) is 12.8. The molecule has 2 rings (SSSR count). The number of carbonyl (C=O) groups excluding carboxylic acids is 1. The lowest BCUT2D eigenvalue weighted by Gasteiger charge is -2.36. The SMILES string of the molecule is CCC.CCC.CCN(CC#CCOC(=O)C(O)(c1ccccc1)C1CCCCC1)CCCl. The van der Waals surface area contributed by atoms with E-state index in [4.69, 9.17) is 16.3 Å². The normalized spacial score (nSPS) is 15.0. The number of aliphatic hydroxyl groups is 1. The van der Waals surface area contributed by atoms with Gasteiger partial charge in [0, 0.05) is 18.3 Å². The molecule has 0 amide bonds. The minimum Gasteiger partial charge on any atom is -0.450 e. The molecule has 0 aromatic heterocycles. The maximum atomic E-state index is 12.9. The van der Waals surface area contributed by atoms with Gasteiger partial charge in [-0.05, 0) is 24.9 Å². The van der Waals surface area contributed by atoms with Crippen molar-refractivity contribution in [1.29, 1.82) is 0 Å². The van der Waals surface area contributed by atoms with Crippen LogP contribution in [0.15, 0.2) is 30.3 Å². The number of esters is 1. The zero-order chi connectivity index (χ0) is 25.0. The van der Waals surface area contributed by atoms with Crippen molar-refractivity contribution in [3.63, 3.8) is 0 Å². The molecule has 1 saturated carbocycles. The summed E-state index contributed by atoms with van der Waals surface area (Å²) >= 11 is 5.75. The van der Waals surface area contributed by atoms with E-state index in [-0.39, 0.29) is 12.5 Å². The number of halogens is 1. The molecule has 0 saturated heterocycles. The number of hydrogen-bond donors (Lipinski definition) is 1. The zero-order valence-corrected chi connectivity index (χ0v) is 22.3. The molecule has 1 aliphatic rings. The third-order valence-corrected chi connectivity index (χ3v) is 5.44. The molecule has 1 N–H and O–H groups in total. The van der Waals surface area contributed by atoms with Crippen LogP contribution in [-0.4, -0.2) is 48.1 Å². The fourth-order valence-corrected chi connectivity index (χ4v) is 3.87. The number of carbonyl (C=O) groups is 1. The van der Waals surface area contributed by atoms with E-state index >= 15 is 0 Å². The summed E-state index contributed by atoms with van der Waals surface area (Å²) < 4.78 is 5.38. The summed E-state index contributed by atoms with van der Waals surface area (Å²) in [4.78, 5) is 15.0. The van der Waals surface area contributed by atoms with Gasteiger partial charge in [0.1, 0.15) is 0 Å². The van der Waals surface area contributed by atoms with E-state index in [0.29, 0.717) is 18.0 Å². The first kappa shape index (κ1) is 31.5. The monoisotopic (exact) mass is 479 g/mol. The van der Waals surface area contributed by atoms with Crippen LogP contribution >= 0.6 is 11.6 Å². The highest BCUT2D eigenvalue weighted by atomic mass is 35.5. The van der Waals surface area contributed by atoms with Crippen molar-refractivity contribution in [3.8, 4) is 11.8 Å². The van der Waals surface area contributed by atoms with Gasteiger partial charge in [-0.2, -0.15) is 0 Å². The molecule has 0 radical (unpaired) electrons. The van der Waals surface area contributed by atoms with Crippen LogP contribution in [0.2, 0.25) is 0 Å². The van der Waals surface area contributed by atoms with Crippen molar-refractivity contribution in [2.45, 2.75) is 85.2 Å². The fraction of sp³-hybridized carbons (Fsp3) is 0.679. The van der Waals surface area contributed by atoms with Crippen LogP contribution < -0.4 is 0 Å². The average Bonchev–Trinajstić information content (AvgIpc) is 2.84. The minimum absolute atomic E-state index is 0.0148. The lowest BCUT2D eigenvalue weighted by molar-refractivity contribution is -0.174. The van der Waals surface area contributed by atoms with Gasteiger partial charge in [-0.15, -0.1) is 11.6 Å². The Balaban J connectivity index is 0.00000154. The molecule has 33 heavy (non-hydrogen) atoms. The van der Waals surface area contributed by atoms with Gasteiger partial charge in [-0.25, -0.2) is 4.79 Å². The molecule has 4 nitrogen and oxygen atoms in total. The molecule has 0 aliphatic heterocycles. The molecule has 5 heteroatoms. The number of ether oxygens (including phenoxy) is 1. The molecule has 188 valence electrons. The van der Waals surface area contributed by atoms with E-state index in [9.17, 15) is 9.90 Å². The predicted octanol–water partition coefficient (Wildman–Crippen LogP) is 6.39. The Morgan fingerprint density at radius 3 is 2.15 bits per heavy atom. The first-order valence-electron chi connectivity index (χ1n) is 12.6. The molecule has 0 heterocycles. The van der Waals surface area contributed by atoms with Gasteiger partial charge in [-0.1, -0.05) is 109 Å². The summed E-state index contributed by atoms with van der Waals surface area (Å²) in [5.41, 5.74) is -0.994. The van der Waals surface area contributed by atoms with Crippen molar-refractivity contribution in [1.82, 2.24) is 4.90 Å². The van der Waals surface area contributed by atoms with Gasteiger partial charge in [0.05, 0.1) is 6.54 Å². The van der Waals surface area contributed by atoms with E-state index < -0.39 is 11.6 Å². The highest BCUT2D eigenvalue weighted by molar-refractivity contribution is 6.18. The molecular weight excluding hydrogens is 434 g/mol. The molecule has 1 aromatic carbocycles. The van der Waals surface area contributed by atoms with E-state index in [0.717, 1.165) is 45.2 Å². The minimum atomic E-state index is -1.60. The average molecular weight is 480 g/mol. The summed E-state index contributed by atoms with van der Waals surface area (Å²) in [6, 6.07) is 9.15. The second-order valence-electron chi connectivity index (χ2n) is 8.37. The number of alkyl halides is 1. The van der Waals surface area contributed by atoms with Crippen LogP contribution in [0.4, 0.5) is 0 Å². The van der Waals surface area contributed by atoms with Crippen LogP contribution in [0.5, 0.6) is 0 Å². The highest BCUT2D eigenvalue weighted by Gasteiger charge is 2.46. The van der Waals surface area contributed by atoms with Crippen molar-refractivity contribution in [2.75, 3.05) is 32.1 Å². The molecular formula is C28H46ClNO3. The topological polar surface area (TPSA) is 49.8 Å². The Kier molecular flexibility index (Phi) is 19.0. The Hall–Kier alpha value is -1.54. The molecule has 1 atom stereocenters. The smallest absolute Gasteiger partial charge is 0.344 e. The van der Waals surface area contributed by atoms with E-state index in [1.165, 1.54) is 12.8 Å². The molecule has 1 aromatic rings. The van der Waals surface area contributed by atoms with Gasteiger partial charge in [0.25, 0.3) is 0 Å². The summed E-state index contributed by atoms with van der Waals surface area (Å²) in [6.07, 6.45) is 7.37. The lowest BCUT2D eigenvalue weighted by Crippen LogP contribution is -2.45. The van der Waals surface area contributed by atoms with Crippen molar-refractivity contribution in [3.05, 3.63) is 35.9 Å². The summed E-state index contributed by atoms with van der Waals surface area (Å²) in [5, 5.41) is 11.4. The number of nitrogens with zero attached hydrogens (tertiary/aromatic N) is 1. The zero-order valence-electron chi connectivity index (χ0n) is 21.5. The third kappa shape index (κ3) is 11.9. The van der Waals surface area contributed by atoms with Crippen LogP contribution in [0.3, 0.4) is 0 Å². The van der Waals surface area contributed by atoms with Gasteiger partial charge >= 0.3 is 5.97 Å². The van der Waals surface area contributed by atoms with Crippen molar-refractivity contribution in [2.24, 2.45) is 5.92 Å². The Bertz CT molecular complexity index is 663. The van der Waals surface area contributed by atoms with Crippen LogP contribution in [-0.2, 0) is 15.1 Å². The van der Waals surface area contributed by atoms with Crippen molar-refractivity contribution >= 4 is 17.6 Å². The van der Waals surface area contributed by atoms with E-state index in [2.05, 4.69) is 51.4 Å². The highest BCUT2D eigenvalue weighted by Crippen LogP contribution is 2.40. The first-order valence-corrected chi connectivity index (χ1v) is 13.2. The first-order chi connectivity index (χ1) is 16.0. The second kappa shape index (κ2) is 19.9. The number of rotatable bonds is 8. The summed E-state index contributed by atoms with van der Waals surface area (Å²) in [7, 11) is 0. The Labute approximate surface area is 208 Å². The lowest BCUT2D eigenvalue weighted by atomic mass is 9.73. The number of benzene rings is 1. The van der Waals surface area contributed by atoms with E-state index in [1.54, 1.807) is 12.1 Å². The fourth-order valence-electron chi connectivity index (χ4n) is 3.63. The largest absolute Gasteiger partial charge is 0.450 e. The van der Waals surface area contributed by atoms with Gasteiger partial charge in [0.2, 0.25) is 0 Å². The van der Waals surface area contributed by atoms with Gasteiger partial charge < -0.3 is 9.84 Å². The second-order valence-corrected chi connectivity index (χ2v) is 8.75. The maximum Gasteiger partial charge on any atom is 0.344 e. The van der Waals surface area contributed by atoms with Gasteiger partial charge in [-0.3, -0.25) is 4.90 Å². The van der Waals surface area contributed by atoms with Gasteiger partial charge in [0.15, 0.2) is 12.2 Å². The quantitative estimate of drug-likeness (QED) is 0.266. The molecule has 1 fully saturated rings. The molecule has 1 aliphatic carbocycles. The predicted molar refractivity (Wildman–Crippen MR) is 140 cm³/mol. The number of hydrogen-bond acceptors (Lipinski definition) is 4. The third-order valence-electron chi connectivity index (χ3n) is 5.27. The molecule has 1 unspecified atom stereocenters. The molecule has 0 bridgehead atoms. The van der Waals surface area contributed by atoms with Crippen molar-refractivity contribution < 1.29 is 14.6 Å². The van der Waals surface area contributed by atoms with Crippen LogP contribution in [0, 0.1) is 17.8 Å². The Morgan fingerprint density at radius 2 is 1.64 bits per heavy atom. The Morgan fingerprint density at radius 1 is 1.06 bits per heavy atom. The molecule has 0 spiro atoms. The van der Waals surface area contributed by atoms with Crippen LogP contribution in [0.1, 0.15) is 85.1 Å². The van der Waals surface area contributed by atoms with E-state index in [1.807, 2.05) is 18.2 Å².